The van der Waals surface area contributed by atoms with Gasteiger partial charge < -0.3 is 20.1 Å². The van der Waals surface area contributed by atoms with Gasteiger partial charge in [-0.05, 0) is 41.0 Å². The Hall–Kier alpha value is -3.35. The first-order valence-electron chi connectivity index (χ1n) is 11.7. The van der Waals surface area contributed by atoms with E-state index < -0.39 is 18.1 Å². The Morgan fingerprint density at radius 3 is 2.09 bits per heavy atom. The van der Waals surface area contributed by atoms with Crippen molar-refractivity contribution in [1.29, 1.82) is 0 Å². The van der Waals surface area contributed by atoms with Gasteiger partial charge in [-0.2, -0.15) is 0 Å². The van der Waals surface area contributed by atoms with Crippen LogP contribution in [-0.4, -0.2) is 53.7 Å². The number of alkyl carbamates (subject to hydrolysis) is 1. The molecule has 2 N–H and O–H groups in total. The quantitative estimate of drug-likeness (QED) is 0.561. The molecule has 1 aliphatic rings. The Labute approximate surface area is 201 Å². The van der Waals surface area contributed by atoms with Gasteiger partial charge in [0.2, 0.25) is 5.91 Å². The maximum absolute atomic E-state index is 12.8. The van der Waals surface area contributed by atoms with E-state index in [1.165, 1.54) is 4.90 Å². The van der Waals surface area contributed by atoms with Crippen LogP contribution in [0, 0.1) is 5.41 Å². The smallest absolute Gasteiger partial charge is 0.407 e. The lowest BCUT2D eigenvalue weighted by atomic mass is 9.87. The highest BCUT2D eigenvalue weighted by Gasteiger charge is 2.30. The van der Waals surface area contributed by atoms with E-state index in [0.717, 1.165) is 22.3 Å². The van der Waals surface area contributed by atoms with Crippen molar-refractivity contribution in [3.05, 3.63) is 59.7 Å². The summed E-state index contributed by atoms with van der Waals surface area (Å²) in [6.45, 7) is 7.94. The lowest BCUT2D eigenvalue weighted by molar-refractivity contribution is -0.144. The molecule has 7 nitrogen and oxygen atoms in total. The number of carbonyl (C=O) groups excluding carboxylic acids is 2. The van der Waals surface area contributed by atoms with E-state index in [4.69, 9.17) is 9.84 Å². The second-order valence-corrected chi connectivity index (χ2v) is 9.94. The molecule has 0 aliphatic heterocycles. The molecule has 0 heterocycles. The number of likely N-dealkylation sites (N-methyl/N-ethyl adjacent to an activating group) is 1. The number of fused-ring (bicyclic) bond motifs is 3. The average Bonchev–Trinajstić information content (AvgIpc) is 3.08. The van der Waals surface area contributed by atoms with Gasteiger partial charge in [0.15, 0.2) is 0 Å². The molecule has 182 valence electrons. The first kappa shape index (κ1) is 25.3. The van der Waals surface area contributed by atoms with Crippen molar-refractivity contribution in [3.63, 3.8) is 0 Å². The number of nitrogens with zero attached hydrogens (tertiary/aromatic N) is 1. The molecule has 34 heavy (non-hydrogen) atoms. The van der Waals surface area contributed by atoms with E-state index in [1.54, 1.807) is 6.92 Å². The summed E-state index contributed by atoms with van der Waals surface area (Å²) in [5, 5.41) is 11.9. The van der Waals surface area contributed by atoms with Gasteiger partial charge in [-0.1, -0.05) is 69.3 Å². The standard InChI is InChI=1S/C27H34N2O5/c1-5-29(16-25(31)32)24(30)14-18(15-27(2,3)4)28-26(33)34-17-23-21-12-8-6-10-19(21)20-11-7-9-13-22(20)23/h6-13,18,23H,5,14-17H2,1-4H3,(H,28,33)(H,31,32). The number of amides is 2. The SMILES string of the molecule is CCN(CC(=O)O)C(=O)CC(CC(C)(C)C)NC(=O)OCC1c2ccccc2-c2ccccc21. The minimum atomic E-state index is -1.06. The second kappa shape index (κ2) is 10.7. The zero-order chi connectivity index (χ0) is 24.9. The number of ether oxygens (including phenoxy) is 1. The molecule has 0 radical (unpaired) electrons. The number of hydrogen-bond donors (Lipinski definition) is 2. The minimum absolute atomic E-state index is 0.0165. The Kier molecular flexibility index (Phi) is 7.97. The lowest BCUT2D eigenvalue weighted by Crippen LogP contribution is -2.44. The van der Waals surface area contributed by atoms with Crippen LogP contribution in [0.25, 0.3) is 11.1 Å². The molecule has 7 heteroatoms. The van der Waals surface area contributed by atoms with E-state index in [-0.39, 0.29) is 43.4 Å². The predicted molar refractivity (Wildman–Crippen MR) is 131 cm³/mol. The third-order valence-electron chi connectivity index (χ3n) is 6.01. The summed E-state index contributed by atoms with van der Waals surface area (Å²) in [6.07, 6.45) is -0.0129. The van der Waals surface area contributed by atoms with Crippen molar-refractivity contribution >= 4 is 18.0 Å². The monoisotopic (exact) mass is 466 g/mol. The number of aliphatic carboxylic acids is 1. The van der Waals surface area contributed by atoms with Gasteiger partial charge in [-0.3, -0.25) is 9.59 Å². The van der Waals surface area contributed by atoms with Crippen molar-refractivity contribution in [3.8, 4) is 11.1 Å². The Morgan fingerprint density at radius 1 is 1.03 bits per heavy atom. The molecule has 0 saturated carbocycles. The zero-order valence-corrected chi connectivity index (χ0v) is 20.3. The van der Waals surface area contributed by atoms with Gasteiger partial charge in [-0.25, -0.2) is 4.79 Å². The Bertz CT molecular complexity index is 998. The molecular formula is C27H34N2O5. The molecule has 2 aromatic carbocycles. The number of benzene rings is 2. The van der Waals surface area contributed by atoms with Crippen LogP contribution in [0.1, 0.15) is 57.6 Å². The number of nitrogens with one attached hydrogen (secondary N) is 1. The van der Waals surface area contributed by atoms with Crippen molar-refractivity contribution in [2.75, 3.05) is 19.7 Å². The molecule has 0 saturated heterocycles. The van der Waals surface area contributed by atoms with E-state index in [9.17, 15) is 14.4 Å². The molecule has 1 unspecified atom stereocenters. The zero-order valence-electron chi connectivity index (χ0n) is 20.3. The molecule has 1 atom stereocenters. The normalized spacial score (nSPS) is 13.5. The molecule has 1 aliphatic carbocycles. The molecule has 2 amide bonds. The number of hydrogen-bond acceptors (Lipinski definition) is 4. The Balaban J connectivity index is 1.67. The first-order chi connectivity index (χ1) is 16.1. The van der Waals surface area contributed by atoms with Gasteiger partial charge in [-0.15, -0.1) is 0 Å². The molecule has 0 aromatic heterocycles. The fraction of sp³-hybridized carbons (Fsp3) is 0.444. The summed E-state index contributed by atoms with van der Waals surface area (Å²) in [5.74, 6) is -1.42. The van der Waals surface area contributed by atoms with E-state index in [2.05, 4.69) is 29.6 Å². The first-order valence-corrected chi connectivity index (χ1v) is 11.7. The summed E-state index contributed by atoms with van der Waals surface area (Å²) in [5.41, 5.74) is 4.42. The van der Waals surface area contributed by atoms with Crippen molar-refractivity contribution in [1.82, 2.24) is 10.2 Å². The lowest BCUT2D eigenvalue weighted by Gasteiger charge is -2.28. The molecule has 0 spiro atoms. The second-order valence-electron chi connectivity index (χ2n) is 9.94. The van der Waals surface area contributed by atoms with E-state index in [0.29, 0.717) is 6.42 Å². The third kappa shape index (κ3) is 6.37. The van der Waals surface area contributed by atoms with Gasteiger partial charge >= 0.3 is 12.1 Å². The van der Waals surface area contributed by atoms with Crippen LogP contribution in [0.2, 0.25) is 0 Å². The van der Waals surface area contributed by atoms with Crippen LogP contribution in [0.15, 0.2) is 48.5 Å². The summed E-state index contributed by atoms with van der Waals surface area (Å²) in [7, 11) is 0. The summed E-state index contributed by atoms with van der Waals surface area (Å²) < 4.78 is 5.65. The third-order valence-corrected chi connectivity index (χ3v) is 6.01. The maximum Gasteiger partial charge on any atom is 0.407 e. The fourth-order valence-corrected chi connectivity index (χ4v) is 4.60. The van der Waals surface area contributed by atoms with Crippen LogP contribution in [0.5, 0.6) is 0 Å². The Morgan fingerprint density at radius 2 is 1.59 bits per heavy atom. The highest BCUT2D eigenvalue weighted by atomic mass is 16.5. The van der Waals surface area contributed by atoms with Crippen LogP contribution >= 0.6 is 0 Å². The molecule has 3 rings (SSSR count). The van der Waals surface area contributed by atoms with Gasteiger partial charge in [0, 0.05) is 24.9 Å². The van der Waals surface area contributed by atoms with Gasteiger partial charge in [0.1, 0.15) is 13.2 Å². The van der Waals surface area contributed by atoms with Crippen molar-refractivity contribution in [2.45, 2.75) is 52.5 Å². The predicted octanol–water partition coefficient (Wildman–Crippen LogP) is 4.65. The maximum atomic E-state index is 12.8. The number of carbonyl (C=O) groups is 3. The largest absolute Gasteiger partial charge is 0.480 e. The highest BCUT2D eigenvalue weighted by Crippen LogP contribution is 2.44. The number of rotatable bonds is 9. The fourth-order valence-electron chi connectivity index (χ4n) is 4.60. The summed E-state index contributed by atoms with van der Waals surface area (Å²) in [4.78, 5) is 37.8. The van der Waals surface area contributed by atoms with E-state index in [1.807, 2.05) is 45.0 Å². The van der Waals surface area contributed by atoms with Crippen LogP contribution < -0.4 is 5.32 Å². The van der Waals surface area contributed by atoms with E-state index >= 15 is 0 Å². The van der Waals surface area contributed by atoms with Gasteiger partial charge in [0.25, 0.3) is 0 Å². The number of carboxylic acid groups (broad SMARTS) is 1. The summed E-state index contributed by atoms with van der Waals surface area (Å²) >= 11 is 0. The van der Waals surface area contributed by atoms with Crippen LogP contribution in [0.3, 0.4) is 0 Å². The topological polar surface area (TPSA) is 95.9 Å². The molecule has 2 aromatic rings. The van der Waals surface area contributed by atoms with Crippen molar-refractivity contribution < 1.29 is 24.2 Å². The molecule has 0 fully saturated rings. The van der Waals surface area contributed by atoms with Crippen LogP contribution in [-0.2, 0) is 14.3 Å². The van der Waals surface area contributed by atoms with Gasteiger partial charge in [0.05, 0.1) is 0 Å². The minimum Gasteiger partial charge on any atom is -0.480 e. The summed E-state index contributed by atoms with van der Waals surface area (Å²) in [6, 6.07) is 15.8. The highest BCUT2D eigenvalue weighted by molar-refractivity contribution is 5.82. The van der Waals surface area contributed by atoms with Crippen LogP contribution in [0.4, 0.5) is 4.79 Å². The van der Waals surface area contributed by atoms with Crippen molar-refractivity contribution in [2.24, 2.45) is 5.41 Å². The average molecular weight is 467 g/mol. The molecular weight excluding hydrogens is 432 g/mol. The number of carboxylic acids is 1. The molecule has 0 bridgehead atoms.